The molecule has 30 heavy (non-hydrogen) atoms. The summed E-state index contributed by atoms with van der Waals surface area (Å²) >= 11 is 0. The van der Waals surface area contributed by atoms with Crippen LogP contribution in [-0.4, -0.2) is 59.4 Å². The number of ether oxygens (including phenoxy) is 3. The second-order valence-electron chi connectivity index (χ2n) is 9.75. The first-order valence-corrected chi connectivity index (χ1v) is 11.8. The fourth-order valence-electron chi connectivity index (χ4n) is 6.52. The highest BCUT2D eigenvalue weighted by atomic mass is 16.5. The summed E-state index contributed by atoms with van der Waals surface area (Å²) in [6, 6.07) is 0.458. The van der Waals surface area contributed by atoms with E-state index in [-0.39, 0.29) is 35.9 Å². The van der Waals surface area contributed by atoms with E-state index in [9.17, 15) is 4.79 Å². The van der Waals surface area contributed by atoms with Gasteiger partial charge in [-0.2, -0.15) is 0 Å². The molecule has 5 aliphatic heterocycles. The van der Waals surface area contributed by atoms with Crippen molar-refractivity contribution in [3.8, 4) is 0 Å². The topological polar surface area (TPSA) is 71.8 Å². The molecule has 0 aromatic heterocycles. The summed E-state index contributed by atoms with van der Waals surface area (Å²) < 4.78 is 20.9. The molecule has 0 amide bonds. The number of allylic oxidation sites excluding steroid dienone is 1. The van der Waals surface area contributed by atoms with E-state index in [1.165, 1.54) is 7.11 Å². The number of nitrogens with one attached hydrogen (secondary N) is 2. The van der Waals surface area contributed by atoms with Crippen molar-refractivity contribution in [3.63, 3.8) is 0 Å². The Labute approximate surface area is 179 Å². The van der Waals surface area contributed by atoms with E-state index in [0.717, 1.165) is 63.7 Å². The highest BCUT2D eigenvalue weighted by Crippen LogP contribution is 2.45. The number of carbonyl (C=O) groups is 1. The predicted octanol–water partition coefficient (Wildman–Crippen LogP) is 2.40. The molecule has 0 aromatic carbocycles. The van der Waals surface area contributed by atoms with E-state index < -0.39 is 5.72 Å². The summed E-state index contributed by atoms with van der Waals surface area (Å²) in [4.78, 5) is 13.0. The van der Waals surface area contributed by atoms with Crippen molar-refractivity contribution < 1.29 is 23.6 Å². The Hall–Kier alpha value is -1.60. The molecule has 5 rings (SSSR count). The molecule has 2 N–H and O–H groups in total. The molecule has 0 radical (unpaired) electrons. The molecule has 0 saturated carbocycles. The van der Waals surface area contributed by atoms with Crippen molar-refractivity contribution in [2.24, 2.45) is 5.92 Å². The smallest absolute Gasteiger partial charge is 0.350 e. The fourth-order valence-corrected chi connectivity index (χ4v) is 6.52. The summed E-state index contributed by atoms with van der Waals surface area (Å²) in [6.45, 7) is 4.28. The van der Waals surface area contributed by atoms with Crippen molar-refractivity contribution >= 4 is 11.9 Å². The monoisotopic (exact) mass is 418 g/mol. The molecule has 5 aliphatic rings. The molecule has 166 valence electrons. The lowest BCUT2D eigenvalue weighted by molar-refractivity contribution is -0.609. The molecule has 0 aromatic rings. The maximum absolute atomic E-state index is 13.0. The highest BCUT2D eigenvalue weighted by Gasteiger charge is 2.64. The number of hydrogen-bond donors (Lipinski definition) is 2. The lowest BCUT2D eigenvalue weighted by atomic mass is 9.80. The van der Waals surface area contributed by atoms with Gasteiger partial charge in [0.15, 0.2) is 11.6 Å². The van der Waals surface area contributed by atoms with E-state index in [2.05, 4.69) is 41.2 Å². The SMILES string of the molecule is CC[C@H]1C=CCC[C@@]2(C[C@@H]3CC[C@@H]4[C@H](C(=O)OC)[C@]5(CCC[C@@H](C)O5)NC(=[N+]34)N2)O1. The molecule has 0 bridgehead atoms. The van der Waals surface area contributed by atoms with Crippen LogP contribution in [0.4, 0.5) is 0 Å². The number of hydrogen-bond acceptors (Lipinski definition) is 6. The number of guanidine groups is 1. The predicted molar refractivity (Wildman–Crippen MR) is 112 cm³/mol. The Morgan fingerprint density at radius 2 is 2.13 bits per heavy atom. The summed E-state index contributed by atoms with van der Waals surface area (Å²) in [6.07, 6.45) is 13.5. The van der Waals surface area contributed by atoms with Crippen molar-refractivity contribution in [2.45, 2.75) is 107 Å². The van der Waals surface area contributed by atoms with Crippen LogP contribution in [0.2, 0.25) is 0 Å². The summed E-state index contributed by atoms with van der Waals surface area (Å²) in [5, 5.41) is 7.48. The molecular formula is C23H36N3O4+. The maximum atomic E-state index is 13.0. The minimum absolute atomic E-state index is 0.0970. The largest absolute Gasteiger partial charge is 0.469 e. The van der Waals surface area contributed by atoms with Crippen molar-refractivity contribution in [1.82, 2.24) is 10.6 Å². The maximum Gasteiger partial charge on any atom is 0.350 e. The van der Waals surface area contributed by atoms with Gasteiger partial charge in [0.1, 0.15) is 0 Å². The van der Waals surface area contributed by atoms with E-state index in [4.69, 9.17) is 14.2 Å². The normalized spacial score (nSPS) is 45.0. The fraction of sp³-hybridized carbons (Fsp3) is 0.826. The van der Waals surface area contributed by atoms with Crippen LogP contribution in [0.25, 0.3) is 0 Å². The summed E-state index contributed by atoms with van der Waals surface area (Å²) in [5.41, 5.74) is -1.09. The average Bonchev–Trinajstić information content (AvgIpc) is 3.02. The van der Waals surface area contributed by atoms with Crippen LogP contribution >= 0.6 is 0 Å². The molecule has 2 fully saturated rings. The van der Waals surface area contributed by atoms with Gasteiger partial charge < -0.3 is 14.2 Å². The number of carbonyl (C=O) groups excluding carboxylic acids is 1. The first-order chi connectivity index (χ1) is 14.5. The van der Waals surface area contributed by atoms with E-state index in [1.807, 2.05) is 0 Å². The lowest BCUT2D eigenvalue weighted by Crippen LogP contribution is -2.76. The van der Waals surface area contributed by atoms with Gasteiger partial charge in [0.2, 0.25) is 5.72 Å². The quantitative estimate of drug-likeness (QED) is 0.408. The van der Waals surface area contributed by atoms with Gasteiger partial charge in [-0.3, -0.25) is 9.37 Å². The second kappa shape index (κ2) is 7.52. The van der Waals surface area contributed by atoms with Crippen LogP contribution in [0.3, 0.4) is 0 Å². The minimum Gasteiger partial charge on any atom is -0.469 e. The molecule has 7 heteroatoms. The van der Waals surface area contributed by atoms with Gasteiger partial charge in [0.05, 0.1) is 31.4 Å². The van der Waals surface area contributed by atoms with E-state index in [1.54, 1.807) is 0 Å². The number of methoxy groups -OCH3 is 1. The van der Waals surface area contributed by atoms with Crippen LogP contribution in [0.15, 0.2) is 12.2 Å². The Morgan fingerprint density at radius 1 is 1.27 bits per heavy atom. The van der Waals surface area contributed by atoms with Gasteiger partial charge in [0.25, 0.3) is 0 Å². The molecule has 2 saturated heterocycles. The van der Waals surface area contributed by atoms with Crippen LogP contribution < -0.4 is 10.6 Å². The zero-order chi connectivity index (χ0) is 20.9. The van der Waals surface area contributed by atoms with Crippen molar-refractivity contribution in [3.05, 3.63) is 12.2 Å². The van der Waals surface area contributed by atoms with Crippen LogP contribution in [0.5, 0.6) is 0 Å². The first-order valence-electron chi connectivity index (χ1n) is 11.8. The minimum atomic E-state index is -0.713. The van der Waals surface area contributed by atoms with Crippen molar-refractivity contribution in [2.75, 3.05) is 7.11 Å². The van der Waals surface area contributed by atoms with Gasteiger partial charge in [0, 0.05) is 19.3 Å². The molecule has 7 atom stereocenters. The first kappa shape index (κ1) is 20.3. The van der Waals surface area contributed by atoms with Gasteiger partial charge in [-0.25, -0.2) is 10.6 Å². The van der Waals surface area contributed by atoms with Crippen LogP contribution in [0, 0.1) is 5.92 Å². The Balaban J connectivity index is 1.53. The van der Waals surface area contributed by atoms with Gasteiger partial charge in [-0.1, -0.05) is 19.1 Å². The Kier molecular flexibility index (Phi) is 5.09. The van der Waals surface area contributed by atoms with E-state index in [0.29, 0.717) is 6.04 Å². The summed E-state index contributed by atoms with van der Waals surface area (Å²) in [5.74, 6) is 0.497. The molecule has 7 nitrogen and oxygen atoms in total. The molecular weight excluding hydrogens is 382 g/mol. The number of rotatable bonds is 2. The highest BCUT2D eigenvalue weighted by molar-refractivity contribution is 5.82. The van der Waals surface area contributed by atoms with E-state index >= 15 is 0 Å². The number of esters is 1. The van der Waals surface area contributed by atoms with Crippen molar-refractivity contribution in [1.29, 1.82) is 0 Å². The number of nitrogens with zero attached hydrogens (tertiary/aromatic N) is 1. The third-order valence-corrected chi connectivity index (χ3v) is 7.80. The standard InChI is InChI=1S/C23H35N3O4/c1-4-17-9-5-6-12-22(30-17)14-16-10-11-18-19(20(27)28-3)23(13-7-8-15(2)29-23)25-21(24-22)26(16)18/h5,9,15-19H,4,6-8,10-14H2,1-3H3,(H,24,25)/p+1/t15-,16+,17+,18-,19-,22+,23-/m1/s1. The van der Waals surface area contributed by atoms with Gasteiger partial charge in [-0.05, 0) is 45.4 Å². The third kappa shape index (κ3) is 3.16. The Bertz CT molecular complexity index is 768. The third-order valence-electron chi connectivity index (χ3n) is 7.80. The summed E-state index contributed by atoms with van der Waals surface area (Å²) in [7, 11) is 1.49. The van der Waals surface area contributed by atoms with Crippen LogP contribution in [0.1, 0.15) is 71.6 Å². The molecule has 2 spiro atoms. The molecule has 0 aliphatic carbocycles. The zero-order valence-electron chi connectivity index (χ0n) is 18.5. The second-order valence-corrected chi connectivity index (χ2v) is 9.75. The van der Waals surface area contributed by atoms with Gasteiger partial charge >= 0.3 is 11.9 Å². The Morgan fingerprint density at radius 3 is 2.90 bits per heavy atom. The molecule has 5 heterocycles. The lowest BCUT2D eigenvalue weighted by Gasteiger charge is -2.50. The van der Waals surface area contributed by atoms with Crippen LogP contribution in [-0.2, 0) is 19.0 Å². The zero-order valence-corrected chi connectivity index (χ0v) is 18.5. The average molecular weight is 419 g/mol. The van der Waals surface area contributed by atoms with Gasteiger partial charge in [-0.15, -0.1) is 0 Å². The molecule has 0 unspecified atom stereocenters.